The Bertz CT molecular complexity index is 492. The van der Waals surface area contributed by atoms with Crippen LogP contribution in [0.15, 0.2) is 15.5 Å². The summed E-state index contributed by atoms with van der Waals surface area (Å²) < 4.78 is 6.74. The molecule has 0 amide bonds. The molecule has 0 radical (unpaired) electrons. The Morgan fingerprint density at radius 2 is 2.30 bits per heavy atom. The zero-order valence-corrected chi connectivity index (χ0v) is 13.7. The topological polar surface area (TPSA) is 76.4 Å². The number of anilines is 1. The van der Waals surface area contributed by atoms with E-state index in [0.717, 1.165) is 6.42 Å². The lowest BCUT2D eigenvalue weighted by molar-refractivity contribution is 0.181. The molecule has 1 aromatic heterocycles. The van der Waals surface area contributed by atoms with Gasteiger partial charge >= 0.3 is 0 Å². The number of nitrogens with one attached hydrogen (secondary N) is 1. The van der Waals surface area contributed by atoms with E-state index in [1.165, 1.54) is 4.68 Å². The summed E-state index contributed by atoms with van der Waals surface area (Å²) in [6, 6.07) is 0. The predicted molar refractivity (Wildman–Crippen MR) is 82.1 cm³/mol. The molecule has 114 valence electrons. The third-order valence-electron chi connectivity index (χ3n) is 3.37. The first-order chi connectivity index (χ1) is 9.47. The van der Waals surface area contributed by atoms with E-state index in [9.17, 15) is 4.79 Å². The minimum Gasteiger partial charge on any atom is -0.396 e. The van der Waals surface area contributed by atoms with Gasteiger partial charge in [0.1, 0.15) is 4.47 Å². The number of rotatable bonds is 8. The molecule has 0 aliphatic carbocycles. The zero-order valence-electron chi connectivity index (χ0n) is 12.1. The van der Waals surface area contributed by atoms with Crippen molar-refractivity contribution in [2.45, 2.75) is 38.8 Å². The molecular formula is C13H22BrN3O3. The van der Waals surface area contributed by atoms with E-state index >= 15 is 0 Å². The number of hydrogen-bond donors (Lipinski definition) is 2. The van der Waals surface area contributed by atoms with E-state index in [4.69, 9.17) is 9.84 Å². The van der Waals surface area contributed by atoms with Crippen LogP contribution >= 0.6 is 15.9 Å². The van der Waals surface area contributed by atoms with E-state index in [0.29, 0.717) is 29.7 Å². The quantitative estimate of drug-likeness (QED) is 0.747. The molecule has 0 fully saturated rings. The maximum Gasteiger partial charge on any atom is 0.283 e. The van der Waals surface area contributed by atoms with Crippen molar-refractivity contribution >= 4 is 21.6 Å². The second kappa shape index (κ2) is 7.75. The monoisotopic (exact) mass is 347 g/mol. The Hall–Kier alpha value is -0.920. The summed E-state index contributed by atoms with van der Waals surface area (Å²) in [4.78, 5) is 12.1. The maximum absolute atomic E-state index is 12.1. The van der Waals surface area contributed by atoms with Gasteiger partial charge in [-0.05, 0) is 35.7 Å². The molecule has 0 bridgehead atoms. The normalized spacial score (nSPS) is 14.1. The first kappa shape index (κ1) is 17.1. The van der Waals surface area contributed by atoms with Gasteiger partial charge in [-0.2, -0.15) is 5.10 Å². The average Bonchev–Trinajstić information content (AvgIpc) is 2.43. The van der Waals surface area contributed by atoms with Crippen molar-refractivity contribution in [3.63, 3.8) is 0 Å². The molecule has 0 aromatic carbocycles. The fourth-order valence-corrected chi connectivity index (χ4v) is 2.19. The summed E-state index contributed by atoms with van der Waals surface area (Å²) in [5, 5.41) is 16.5. The number of methoxy groups -OCH3 is 1. The molecule has 0 saturated carbocycles. The highest BCUT2D eigenvalue weighted by Gasteiger charge is 2.23. The zero-order chi connectivity index (χ0) is 15.2. The molecular weight excluding hydrogens is 326 g/mol. The molecule has 1 unspecified atom stereocenters. The lowest BCUT2D eigenvalue weighted by atomic mass is 9.95. The molecule has 0 saturated heterocycles. The largest absolute Gasteiger partial charge is 0.396 e. The van der Waals surface area contributed by atoms with E-state index in [1.807, 2.05) is 13.8 Å². The molecule has 1 atom stereocenters. The summed E-state index contributed by atoms with van der Waals surface area (Å²) in [6.45, 7) is 4.97. The Labute approximate surface area is 127 Å². The van der Waals surface area contributed by atoms with Gasteiger partial charge in [-0.3, -0.25) is 4.79 Å². The van der Waals surface area contributed by atoms with Crippen molar-refractivity contribution in [3.05, 3.63) is 21.0 Å². The Morgan fingerprint density at radius 1 is 1.60 bits per heavy atom. The fourth-order valence-electron chi connectivity index (χ4n) is 1.79. The number of ether oxygens (including phenoxy) is 1. The lowest BCUT2D eigenvalue weighted by Crippen LogP contribution is -2.36. The van der Waals surface area contributed by atoms with E-state index in [1.54, 1.807) is 13.3 Å². The second-order valence-corrected chi connectivity index (χ2v) is 5.70. The lowest BCUT2D eigenvalue weighted by Gasteiger charge is -2.30. The van der Waals surface area contributed by atoms with Crippen molar-refractivity contribution in [2.75, 3.05) is 25.6 Å². The summed E-state index contributed by atoms with van der Waals surface area (Å²) in [5.74, 6) is 0. The molecule has 20 heavy (non-hydrogen) atoms. The van der Waals surface area contributed by atoms with Gasteiger partial charge in [-0.1, -0.05) is 6.92 Å². The van der Waals surface area contributed by atoms with Crippen LogP contribution in [-0.2, 0) is 11.3 Å². The van der Waals surface area contributed by atoms with Crippen LogP contribution in [0.5, 0.6) is 0 Å². The summed E-state index contributed by atoms with van der Waals surface area (Å²) >= 11 is 3.32. The minimum absolute atomic E-state index is 0.0906. The number of nitrogens with zero attached hydrogens (tertiary/aromatic N) is 2. The van der Waals surface area contributed by atoms with Gasteiger partial charge in [0, 0.05) is 19.3 Å². The molecule has 0 spiro atoms. The average molecular weight is 348 g/mol. The van der Waals surface area contributed by atoms with Gasteiger partial charge < -0.3 is 15.2 Å². The van der Waals surface area contributed by atoms with Crippen molar-refractivity contribution < 1.29 is 9.84 Å². The van der Waals surface area contributed by atoms with Gasteiger partial charge in [0.25, 0.3) is 5.56 Å². The minimum atomic E-state index is -0.274. The number of aliphatic hydroxyl groups excluding tert-OH is 1. The number of aromatic nitrogens is 2. The molecule has 1 rings (SSSR count). The van der Waals surface area contributed by atoms with Crippen molar-refractivity contribution in [3.8, 4) is 0 Å². The molecule has 0 aliphatic heterocycles. The van der Waals surface area contributed by atoms with Crippen LogP contribution in [0.3, 0.4) is 0 Å². The predicted octanol–water partition coefficient (Wildman–Crippen LogP) is 1.62. The molecule has 7 heteroatoms. The molecule has 6 nitrogen and oxygen atoms in total. The van der Waals surface area contributed by atoms with E-state index in [2.05, 4.69) is 26.3 Å². The first-order valence-electron chi connectivity index (χ1n) is 6.61. The number of hydrogen-bond acceptors (Lipinski definition) is 5. The molecule has 0 aliphatic rings. The third-order valence-corrected chi connectivity index (χ3v) is 4.14. The van der Waals surface area contributed by atoms with Crippen LogP contribution < -0.4 is 10.9 Å². The smallest absolute Gasteiger partial charge is 0.283 e. The highest BCUT2D eigenvalue weighted by atomic mass is 79.9. The number of aliphatic hydroxyl groups is 1. The molecule has 2 N–H and O–H groups in total. The van der Waals surface area contributed by atoms with Gasteiger partial charge in [0.05, 0.1) is 25.0 Å². The Balaban J connectivity index is 2.98. The van der Waals surface area contributed by atoms with Crippen LogP contribution in [0.25, 0.3) is 0 Å². The van der Waals surface area contributed by atoms with Gasteiger partial charge in [-0.25, -0.2) is 4.68 Å². The van der Waals surface area contributed by atoms with Gasteiger partial charge in [0.15, 0.2) is 0 Å². The van der Waals surface area contributed by atoms with Crippen LogP contribution in [0.1, 0.15) is 26.7 Å². The number of halogens is 1. The van der Waals surface area contributed by atoms with Crippen molar-refractivity contribution in [1.82, 2.24) is 9.78 Å². The van der Waals surface area contributed by atoms with E-state index < -0.39 is 0 Å². The first-order valence-corrected chi connectivity index (χ1v) is 7.40. The molecule has 1 heterocycles. The summed E-state index contributed by atoms with van der Waals surface area (Å²) in [7, 11) is 1.58. The van der Waals surface area contributed by atoms with Crippen LogP contribution in [0.2, 0.25) is 0 Å². The van der Waals surface area contributed by atoms with Gasteiger partial charge in [0.2, 0.25) is 0 Å². The van der Waals surface area contributed by atoms with Crippen molar-refractivity contribution in [2.24, 2.45) is 0 Å². The standard InChI is InChI=1S/C13H22BrN3O3/c1-4-13(2,5-7-18)16-10-9-15-17(6-8-20-3)12(19)11(10)14/h9,16,18H,4-8H2,1-3H3. The Morgan fingerprint density at radius 3 is 2.85 bits per heavy atom. The van der Waals surface area contributed by atoms with Crippen LogP contribution in [0, 0.1) is 0 Å². The Kier molecular flexibility index (Phi) is 6.64. The van der Waals surface area contributed by atoms with Gasteiger partial charge in [-0.15, -0.1) is 0 Å². The molecule has 1 aromatic rings. The van der Waals surface area contributed by atoms with Crippen molar-refractivity contribution in [1.29, 1.82) is 0 Å². The van der Waals surface area contributed by atoms with Crippen LogP contribution in [0.4, 0.5) is 5.69 Å². The highest BCUT2D eigenvalue weighted by Crippen LogP contribution is 2.25. The highest BCUT2D eigenvalue weighted by molar-refractivity contribution is 9.10. The second-order valence-electron chi connectivity index (χ2n) is 4.91. The SMILES string of the molecule is CCC(C)(CCO)Nc1cnn(CCOC)c(=O)c1Br. The summed E-state index contributed by atoms with van der Waals surface area (Å²) in [5.41, 5.74) is 0.167. The third kappa shape index (κ3) is 4.29. The maximum atomic E-state index is 12.1. The fraction of sp³-hybridized carbons (Fsp3) is 0.692. The summed E-state index contributed by atoms with van der Waals surface area (Å²) in [6.07, 6.45) is 3.04. The van der Waals surface area contributed by atoms with E-state index in [-0.39, 0.29) is 17.7 Å². The van der Waals surface area contributed by atoms with Crippen LogP contribution in [-0.4, -0.2) is 40.7 Å².